The number of rotatable bonds is 6. The minimum absolute atomic E-state index is 0.246. The number of amides is 1. The van der Waals surface area contributed by atoms with Gasteiger partial charge in [0.15, 0.2) is 0 Å². The van der Waals surface area contributed by atoms with Crippen molar-refractivity contribution in [2.24, 2.45) is 5.10 Å². The number of carbonyl (C=O) groups is 2. The first kappa shape index (κ1) is 22.0. The first-order valence-electron chi connectivity index (χ1n) is 10.0. The predicted octanol–water partition coefficient (Wildman–Crippen LogP) is 5.48. The summed E-state index contributed by atoms with van der Waals surface area (Å²) in [6.45, 7) is 0. The van der Waals surface area contributed by atoms with Gasteiger partial charge in [0, 0.05) is 16.1 Å². The smallest absolute Gasteiger partial charge is 0.343 e. The van der Waals surface area contributed by atoms with Gasteiger partial charge in [0.2, 0.25) is 0 Å². The van der Waals surface area contributed by atoms with Gasteiger partial charge < -0.3 is 9.47 Å². The van der Waals surface area contributed by atoms with Gasteiger partial charge in [0.1, 0.15) is 11.5 Å². The molecule has 0 saturated heterocycles. The number of esters is 1. The Morgan fingerprint density at radius 3 is 2.58 bits per heavy atom. The van der Waals surface area contributed by atoms with Crippen LogP contribution < -0.4 is 14.9 Å². The molecule has 0 aliphatic heterocycles. The highest BCUT2D eigenvalue weighted by molar-refractivity contribution is 6.31. The quantitative estimate of drug-likeness (QED) is 0.179. The minimum atomic E-state index is -0.564. The lowest BCUT2D eigenvalue weighted by molar-refractivity contribution is 0.0733. The predicted molar refractivity (Wildman–Crippen MR) is 128 cm³/mol. The van der Waals surface area contributed by atoms with Crippen molar-refractivity contribution in [3.63, 3.8) is 0 Å². The molecule has 6 nitrogen and oxygen atoms in total. The van der Waals surface area contributed by atoms with Crippen LogP contribution in [0.1, 0.15) is 26.3 Å². The van der Waals surface area contributed by atoms with E-state index in [0.29, 0.717) is 27.5 Å². The fourth-order valence-electron chi connectivity index (χ4n) is 3.27. The normalized spacial score (nSPS) is 10.8. The monoisotopic (exact) mass is 458 g/mol. The van der Waals surface area contributed by atoms with Gasteiger partial charge in [-0.15, -0.1) is 0 Å². The average Bonchev–Trinajstić information content (AvgIpc) is 2.85. The van der Waals surface area contributed by atoms with E-state index in [-0.39, 0.29) is 11.7 Å². The molecule has 0 bridgehead atoms. The largest absolute Gasteiger partial charge is 0.497 e. The van der Waals surface area contributed by atoms with E-state index in [4.69, 9.17) is 21.1 Å². The first-order chi connectivity index (χ1) is 16.0. The Balaban J connectivity index is 1.52. The van der Waals surface area contributed by atoms with Gasteiger partial charge in [-0.2, -0.15) is 5.10 Å². The minimum Gasteiger partial charge on any atom is -0.497 e. The van der Waals surface area contributed by atoms with Crippen LogP contribution in [0.5, 0.6) is 11.5 Å². The van der Waals surface area contributed by atoms with E-state index >= 15 is 0 Å². The molecule has 0 unspecified atom stereocenters. The van der Waals surface area contributed by atoms with Crippen LogP contribution >= 0.6 is 11.6 Å². The highest BCUT2D eigenvalue weighted by Crippen LogP contribution is 2.23. The van der Waals surface area contributed by atoms with Crippen LogP contribution in [0.2, 0.25) is 5.02 Å². The number of fused-ring (bicyclic) bond motifs is 1. The number of methoxy groups -OCH3 is 1. The van der Waals surface area contributed by atoms with Crippen LogP contribution in [-0.4, -0.2) is 25.2 Å². The summed E-state index contributed by atoms with van der Waals surface area (Å²) >= 11 is 6.11. The lowest BCUT2D eigenvalue weighted by Gasteiger charge is -2.09. The van der Waals surface area contributed by atoms with Crippen molar-refractivity contribution >= 4 is 40.5 Å². The molecule has 0 aromatic heterocycles. The summed E-state index contributed by atoms with van der Waals surface area (Å²) in [5.74, 6) is -0.139. The summed E-state index contributed by atoms with van der Waals surface area (Å²) in [4.78, 5) is 25.3. The van der Waals surface area contributed by atoms with Gasteiger partial charge in [-0.1, -0.05) is 54.1 Å². The number of hydrazone groups is 1. The number of hydrogen-bond acceptors (Lipinski definition) is 5. The molecule has 4 aromatic carbocycles. The molecule has 0 atom stereocenters. The summed E-state index contributed by atoms with van der Waals surface area (Å²) in [5.41, 5.74) is 3.78. The number of hydrogen-bond donors (Lipinski definition) is 1. The Morgan fingerprint density at radius 2 is 1.73 bits per heavy atom. The molecule has 0 spiro atoms. The van der Waals surface area contributed by atoms with Gasteiger partial charge in [-0.05, 0) is 53.2 Å². The molecule has 0 heterocycles. The zero-order valence-electron chi connectivity index (χ0n) is 17.6. The molecule has 0 radical (unpaired) electrons. The highest BCUT2D eigenvalue weighted by Gasteiger charge is 2.13. The number of halogens is 1. The Morgan fingerprint density at radius 1 is 0.939 bits per heavy atom. The molecule has 33 heavy (non-hydrogen) atoms. The first-order valence-corrected chi connectivity index (χ1v) is 10.4. The summed E-state index contributed by atoms with van der Waals surface area (Å²) in [6, 6.07) is 24.5. The molecule has 0 fully saturated rings. The zero-order chi connectivity index (χ0) is 23.2. The van der Waals surface area contributed by atoms with E-state index in [2.05, 4.69) is 10.5 Å². The lowest BCUT2D eigenvalue weighted by Crippen LogP contribution is -2.18. The van der Waals surface area contributed by atoms with Crippen molar-refractivity contribution in [3.8, 4) is 11.5 Å². The maximum atomic E-state index is 12.7. The topological polar surface area (TPSA) is 77.0 Å². The molecule has 0 aliphatic rings. The number of nitrogens with one attached hydrogen (secondary N) is 1. The Labute approximate surface area is 195 Å². The number of ether oxygens (including phenoxy) is 2. The van der Waals surface area contributed by atoms with E-state index in [9.17, 15) is 9.59 Å². The summed E-state index contributed by atoms with van der Waals surface area (Å²) < 4.78 is 10.7. The van der Waals surface area contributed by atoms with Crippen molar-refractivity contribution in [2.75, 3.05) is 7.11 Å². The van der Waals surface area contributed by atoms with Crippen molar-refractivity contribution in [1.29, 1.82) is 0 Å². The third-order valence-corrected chi connectivity index (χ3v) is 5.12. The van der Waals surface area contributed by atoms with Crippen LogP contribution in [0.15, 0.2) is 90.0 Å². The fraction of sp³-hybridized carbons (Fsp3) is 0.0385. The molecular weight excluding hydrogens is 440 g/mol. The zero-order valence-corrected chi connectivity index (χ0v) is 18.4. The Hall–Kier alpha value is -4.16. The number of nitrogens with zero attached hydrogens (tertiary/aromatic N) is 1. The van der Waals surface area contributed by atoms with Crippen LogP contribution in [0.25, 0.3) is 10.8 Å². The number of benzene rings is 4. The molecule has 7 heteroatoms. The standard InChI is InChI=1S/C26H19ClN2O4/c1-32-21-9-4-8-18(15-21)26(31)33-24-13-12-20(27)14-19(24)16-28-29-25(30)23-11-5-7-17-6-2-3-10-22(17)23/h2-16H,1H3,(H,29,30)/b28-16+. The molecule has 164 valence electrons. The maximum absolute atomic E-state index is 12.7. The van der Waals surface area contributed by atoms with E-state index < -0.39 is 5.97 Å². The molecule has 4 rings (SSSR count). The lowest BCUT2D eigenvalue weighted by atomic mass is 10.0. The van der Waals surface area contributed by atoms with Gasteiger partial charge in [-0.3, -0.25) is 4.79 Å². The molecule has 1 N–H and O–H groups in total. The van der Waals surface area contributed by atoms with Gasteiger partial charge in [0.05, 0.1) is 18.9 Å². The van der Waals surface area contributed by atoms with Crippen molar-refractivity contribution in [3.05, 3.63) is 107 Å². The summed E-state index contributed by atoms with van der Waals surface area (Å²) in [6.07, 6.45) is 1.38. The third kappa shape index (κ3) is 5.19. The fourth-order valence-corrected chi connectivity index (χ4v) is 3.45. The van der Waals surface area contributed by atoms with Crippen LogP contribution in [0, 0.1) is 0 Å². The second-order valence-corrected chi connectivity index (χ2v) is 7.47. The second-order valence-electron chi connectivity index (χ2n) is 7.03. The van der Waals surface area contributed by atoms with Crippen molar-refractivity contribution < 1.29 is 19.1 Å². The molecule has 0 aliphatic carbocycles. The van der Waals surface area contributed by atoms with Gasteiger partial charge >= 0.3 is 5.97 Å². The SMILES string of the molecule is COc1cccc(C(=O)Oc2ccc(Cl)cc2/C=N/NC(=O)c2cccc3ccccc23)c1. The molecule has 0 saturated carbocycles. The van der Waals surface area contributed by atoms with Crippen LogP contribution in [0.4, 0.5) is 0 Å². The summed E-state index contributed by atoms with van der Waals surface area (Å²) in [5, 5.41) is 6.25. The van der Waals surface area contributed by atoms with Crippen molar-refractivity contribution in [1.82, 2.24) is 5.43 Å². The molecule has 1 amide bonds. The second kappa shape index (κ2) is 9.97. The van der Waals surface area contributed by atoms with Gasteiger partial charge in [0.25, 0.3) is 5.91 Å². The maximum Gasteiger partial charge on any atom is 0.343 e. The Bertz CT molecular complexity index is 1360. The third-order valence-electron chi connectivity index (χ3n) is 4.88. The average molecular weight is 459 g/mol. The molecule has 4 aromatic rings. The van der Waals surface area contributed by atoms with Crippen LogP contribution in [-0.2, 0) is 0 Å². The van der Waals surface area contributed by atoms with E-state index in [1.165, 1.54) is 13.3 Å². The van der Waals surface area contributed by atoms with Crippen molar-refractivity contribution in [2.45, 2.75) is 0 Å². The van der Waals surface area contributed by atoms with E-state index in [0.717, 1.165) is 10.8 Å². The van der Waals surface area contributed by atoms with E-state index in [1.54, 1.807) is 48.5 Å². The van der Waals surface area contributed by atoms with Crippen LogP contribution in [0.3, 0.4) is 0 Å². The highest BCUT2D eigenvalue weighted by atomic mass is 35.5. The summed E-state index contributed by atoms with van der Waals surface area (Å²) in [7, 11) is 1.52. The molecular formula is C26H19ClN2O4. The number of carbonyl (C=O) groups excluding carboxylic acids is 2. The van der Waals surface area contributed by atoms with E-state index in [1.807, 2.05) is 36.4 Å². The van der Waals surface area contributed by atoms with Gasteiger partial charge in [-0.25, -0.2) is 10.2 Å². The Kier molecular flexibility index (Phi) is 6.66.